The highest BCUT2D eigenvalue weighted by atomic mass is 16.1. The number of carbonyl (C=O) groups excluding carboxylic acids is 2. The normalized spacial score (nSPS) is 45.6. The zero-order valence-corrected chi connectivity index (χ0v) is 16.7. The van der Waals surface area contributed by atoms with E-state index >= 15 is 0 Å². The lowest BCUT2D eigenvalue weighted by atomic mass is 9.47. The van der Waals surface area contributed by atoms with E-state index in [1.165, 1.54) is 24.7 Å². The van der Waals surface area contributed by atoms with Gasteiger partial charge in [0.1, 0.15) is 6.29 Å². The molecule has 0 N–H and O–H groups in total. The van der Waals surface area contributed by atoms with E-state index in [0.29, 0.717) is 29.7 Å². The highest BCUT2D eigenvalue weighted by Gasteiger charge is 2.61. The summed E-state index contributed by atoms with van der Waals surface area (Å²) >= 11 is 0. The van der Waals surface area contributed by atoms with Gasteiger partial charge in [-0.15, -0.1) is 0 Å². The summed E-state index contributed by atoms with van der Waals surface area (Å²) in [6.07, 6.45) is 13.9. The Labute approximate surface area is 157 Å². The Balaban J connectivity index is 1.67. The topological polar surface area (TPSA) is 37.4 Å². The highest BCUT2D eigenvalue weighted by Crippen LogP contribution is 2.66. The van der Waals surface area contributed by atoms with Crippen molar-refractivity contribution in [1.82, 2.24) is 4.90 Å². The van der Waals surface area contributed by atoms with Crippen LogP contribution in [-0.4, -0.2) is 37.1 Å². The van der Waals surface area contributed by atoms with Gasteiger partial charge >= 0.3 is 0 Å². The number of nitrogens with zero attached hydrogens (tertiary/aromatic N) is 1. The van der Waals surface area contributed by atoms with Crippen LogP contribution in [0.5, 0.6) is 0 Å². The molecule has 3 fully saturated rings. The van der Waals surface area contributed by atoms with E-state index in [9.17, 15) is 9.59 Å². The predicted molar refractivity (Wildman–Crippen MR) is 104 cm³/mol. The van der Waals surface area contributed by atoms with Gasteiger partial charge in [0.25, 0.3) is 0 Å². The van der Waals surface area contributed by atoms with Crippen LogP contribution in [0, 0.1) is 34.5 Å². The first-order valence-corrected chi connectivity index (χ1v) is 10.4. The Morgan fingerprint density at radius 3 is 2.65 bits per heavy atom. The van der Waals surface area contributed by atoms with E-state index in [0.717, 1.165) is 25.7 Å². The molecule has 0 aromatic carbocycles. The van der Waals surface area contributed by atoms with Crippen molar-refractivity contribution in [1.29, 1.82) is 0 Å². The largest absolute Gasteiger partial charge is 0.306 e. The van der Waals surface area contributed by atoms with Gasteiger partial charge in [0.15, 0.2) is 5.78 Å². The second kappa shape index (κ2) is 6.15. The molecule has 0 unspecified atom stereocenters. The first-order valence-electron chi connectivity index (χ1n) is 10.4. The van der Waals surface area contributed by atoms with Crippen LogP contribution in [0.2, 0.25) is 0 Å². The lowest BCUT2D eigenvalue weighted by Crippen LogP contribution is -2.53. The summed E-state index contributed by atoms with van der Waals surface area (Å²) in [6, 6.07) is 0.448. The number of hydrogen-bond donors (Lipinski definition) is 0. The average Bonchev–Trinajstić information content (AvgIpc) is 3.01. The van der Waals surface area contributed by atoms with Crippen LogP contribution in [0.4, 0.5) is 0 Å². The van der Waals surface area contributed by atoms with Gasteiger partial charge < -0.3 is 9.69 Å². The first kappa shape index (κ1) is 18.2. The summed E-state index contributed by atoms with van der Waals surface area (Å²) in [5, 5.41) is 0. The van der Waals surface area contributed by atoms with Crippen LogP contribution in [0.25, 0.3) is 0 Å². The fourth-order valence-electron chi connectivity index (χ4n) is 7.25. The van der Waals surface area contributed by atoms with Crippen LogP contribution in [0.15, 0.2) is 23.8 Å². The van der Waals surface area contributed by atoms with Gasteiger partial charge in [0.05, 0.1) is 0 Å². The summed E-state index contributed by atoms with van der Waals surface area (Å²) < 4.78 is 0. The molecule has 7 atom stereocenters. The molecule has 0 aromatic rings. The molecule has 0 bridgehead atoms. The number of aldehydes is 1. The van der Waals surface area contributed by atoms with Crippen molar-refractivity contribution in [2.45, 2.75) is 58.4 Å². The molecule has 26 heavy (non-hydrogen) atoms. The van der Waals surface area contributed by atoms with Crippen molar-refractivity contribution >= 4 is 12.1 Å². The van der Waals surface area contributed by atoms with Crippen molar-refractivity contribution < 1.29 is 9.59 Å². The van der Waals surface area contributed by atoms with E-state index in [4.69, 9.17) is 0 Å². The van der Waals surface area contributed by atoms with Gasteiger partial charge in [-0.2, -0.15) is 0 Å². The van der Waals surface area contributed by atoms with Crippen molar-refractivity contribution in [2.75, 3.05) is 14.1 Å². The van der Waals surface area contributed by atoms with Gasteiger partial charge in [-0.3, -0.25) is 4.79 Å². The van der Waals surface area contributed by atoms with Gasteiger partial charge in [-0.05, 0) is 95.4 Å². The Morgan fingerprint density at radius 1 is 1.19 bits per heavy atom. The molecule has 0 heterocycles. The smallest absolute Gasteiger partial charge is 0.178 e. The van der Waals surface area contributed by atoms with Crippen LogP contribution >= 0.6 is 0 Å². The van der Waals surface area contributed by atoms with E-state index < -0.39 is 0 Å². The summed E-state index contributed by atoms with van der Waals surface area (Å²) in [5.74, 6) is 2.35. The molecule has 0 amide bonds. The van der Waals surface area contributed by atoms with Gasteiger partial charge in [-0.1, -0.05) is 18.6 Å². The highest BCUT2D eigenvalue weighted by molar-refractivity contribution is 6.01. The predicted octanol–water partition coefficient (Wildman–Crippen LogP) is 4.04. The standard InChI is InChI=1S/C23H33NO2/c1-15(24(3)4)19-7-8-21-18-6-5-16-13-17(26)9-11-22(16,2)20(18)10-12-23(19,21)14-25/h9,11,13-15,18-21H,5-8,10,12H2,1-4H3/t15-,18+,19+,20-,21-,22-,23-/m0/s1. The molecule has 0 radical (unpaired) electrons. The monoisotopic (exact) mass is 355 g/mol. The van der Waals surface area contributed by atoms with Gasteiger partial charge in [-0.25, -0.2) is 0 Å². The van der Waals surface area contributed by atoms with Crippen molar-refractivity contribution in [3.8, 4) is 0 Å². The molecule has 0 spiro atoms. The Hall–Kier alpha value is -1.22. The van der Waals surface area contributed by atoms with Crippen molar-refractivity contribution in [3.05, 3.63) is 23.8 Å². The minimum absolute atomic E-state index is 0.0249. The Kier molecular flexibility index (Phi) is 4.30. The SMILES string of the molecule is C[C@@H]([C@H]1CC[C@H]2[C@@H]3CCC4=CC(=O)C=C[C@]4(C)[C@H]3CC[C@]12C=O)N(C)C. The van der Waals surface area contributed by atoms with Crippen LogP contribution in [-0.2, 0) is 9.59 Å². The Morgan fingerprint density at radius 2 is 1.96 bits per heavy atom. The summed E-state index contributed by atoms with van der Waals surface area (Å²) in [6.45, 7) is 4.63. The van der Waals surface area contributed by atoms with Crippen molar-refractivity contribution in [3.63, 3.8) is 0 Å². The van der Waals surface area contributed by atoms with E-state index in [1.807, 2.05) is 6.08 Å². The van der Waals surface area contributed by atoms with Crippen LogP contribution in [0.3, 0.4) is 0 Å². The molecular formula is C23H33NO2. The van der Waals surface area contributed by atoms with Crippen LogP contribution in [0.1, 0.15) is 52.4 Å². The number of rotatable bonds is 3. The third-order valence-corrected chi connectivity index (χ3v) is 8.83. The minimum atomic E-state index is -0.128. The summed E-state index contributed by atoms with van der Waals surface area (Å²) in [7, 11) is 4.29. The molecule has 3 nitrogen and oxygen atoms in total. The maximum atomic E-state index is 12.5. The lowest BCUT2D eigenvalue weighted by molar-refractivity contribution is -0.131. The maximum Gasteiger partial charge on any atom is 0.178 e. The van der Waals surface area contributed by atoms with Gasteiger partial charge in [0, 0.05) is 16.9 Å². The summed E-state index contributed by atoms with van der Waals surface area (Å²) in [5.41, 5.74) is 1.23. The second-order valence-corrected chi connectivity index (χ2v) is 9.76. The number of ketones is 1. The van der Waals surface area contributed by atoms with E-state index in [-0.39, 0.29) is 16.6 Å². The zero-order chi connectivity index (χ0) is 18.7. The third-order valence-electron chi connectivity index (χ3n) is 8.83. The maximum absolute atomic E-state index is 12.5. The number of carbonyl (C=O) groups is 2. The van der Waals surface area contributed by atoms with Crippen molar-refractivity contribution in [2.24, 2.45) is 34.5 Å². The number of fused-ring (bicyclic) bond motifs is 5. The molecule has 3 saturated carbocycles. The zero-order valence-electron chi connectivity index (χ0n) is 16.7. The Bertz CT molecular complexity index is 678. The molecule has 0 aromatic heterocycles. The first-order chi connectivity index (χ1) is 12.3. The second-order valence-electron chi connectivity index (χ2n) is 9.76. The fraction of sp³-hybridized carbons (Fsp3) is 0.739. The molecule has 142 valence electrons. The molecular weight excluding hydrogens is 322 g/mol. The molecule has 4 aliphatic carbocycles. The molecule has 4 aliphatic rings. The molecule has 3 heteroatoms. The third kappa shape index (κ3) is 2.35. The molecule has 0 saturated heterocycles. The molecule has 4 rings (SSSR count). The number of allylic oxidation sites excluding steroid dienone is 4. The minimum Gasteiger partial charge on any atom is -0.306 e. The number of hydrogen-bond acceptors (Lipinski definition) is 3. The summed E-state index contributed by atoms with van der Waals surface area (Å²) in [4.78, 5) is 26.7. The fourth-order valence-corrected chi connectivity index (χ4v) is 7.25. The van der Waals surface area contributed by atoms with Gasteiger partial charge in [0.2, 0.25) is 0 Å². The quantitative estimate of drug-likeness (QED) is 0.717. The molecule has 0 aliphatic heterocycles. The van der Waals surface area contributed by atoms with Crippen LogP contribution < -0.4 is 0 Å². The lowest BCUT2D eigenvalue weighted by Gasteiger charge is -2.57. The average molecular weight is 356 g/mol. The van der Waals surface area contributed by atoms with E-state index in [1.54, 1.807) is 6.08 Å². The van der Waals surface area contributed by atoms with E-state index in [2.05, 4.69) is 38.9 Å².